The molecule has 154 valence electrons. The number of ether oxygens (including phenoxy) is 1. The van der Waals surface area contributed by atoms with E-state index in [9.17, 15) is 14.0 Å². The van der Waals surface area contributed by atoms with E-state index in [0.29, 0.717) is 23.0 Å². The summed E-state index contributed by atoms with van der Waals surface area (Å²) in [4.78, 5) is 33.7. The van der Waals surface area contributed by atoms with Crippen LogP contribution in [0.4, 0.5) is 14.9 Å². The van der Waals surface area contributed by atoms with Crippen LogP contribution in [0, 0.1) is 5.82 Å². The van der Waals surface area contributed by atoms with Crippen molar-refractivity contribution in [3.8, 4) is 0 Å². The quantitative estimate of drug-likeness (QED) is 0.720. The highest BCUT2D eigenvalue weighted by Gasteiger charge is 2.25. The van der Waals surface area contributed by atoms with Gasteiger partial charge in [-0.05, 0) is 38.8 Å². The van der Waals surface area contributed by atoms with Gasteiger partial charge in [0.1, 0.15) is 22.9 Å². The van der Waals surface area contributed by atoms with E-state index in [4.69, 9.17) is 10.5 Å². The van der Waals surface area contributed by atoms with Gasteiger partial charge in [0.05, 0.1) is 30.1 Å². The molecule has 0 radical (unpaired) electrons. The van der Waals surface area contributed by atoms with Gasteiger partial charge in [-0.2, -0.15) is 0 Å². The van der Waals surface area contributed by atoms with Gasteiger partial charge in [0, 0.05) is 6.07 Å². The average molecular weight is 401 g/mol. The van der Waals surface area contributed by atoms with Crippen molar-refractivity contribution in [3.05, 3.63) is 52.2 Å². The lowest BCUT2D eigenvalue weighted by Gasteiger charge is -2.20. The Morgan fingerprint density at radius 3 is 2.69 bits per heavy atom. The molecular weight excluding hydrogens is 377 g/mol. The summed E-state index contributed by atoms with van der Waals surface area (Å²) in [5.41, 5.74) is 5.88. The summed E-state index contributed by atoms with van der Waals surface area (Å²) < 4.78 is 22.2. The van der Waals surface area contributed by atoms with Gasteiger partial charge in [0.2, 0.25) is 0 Å². The Labute approximate surface area is 167 Å². The predicted molar refractivity (Wildman–Crippen MR) is 107 cm³/mol. The molecule has 3 aromatic rings. The highest BCUT2D eigenvalue weighted by atomic mass is 19.1. The first-order chi connectivity index (χ1) is 13.6. The fourth-order valence-corrected chi connectivity index (χ4v) is 3.07. The fourth-order valence-electron chi connectivity index (χ4n) is 3.07. The number of aryl methyl sites for hydroxylation is 1. The van der Waals surface area contributed by atoms with Gasteiger partial charge < -0.3 is 10.5 Å². The zero-order valence-electron chi connectivity index (χ0n) is 16.9. The van der Waals surface area contributed by atoms with Crippen LogP contribution in [-0.4, -0.2) is 30.8 Å². The van der Waals surface area contributed by atoms with Crippen LogP contribution in [0.1, 0.15) is 45.5 Å². The smallest absolute Gasteiger partial charge is 0.420 e. The van der Waals surface area contributed by atoms with Gasteiger partial charge in [-0.15, -0.1) is 0 Å². The van der Waals surface area contributed by atoms with Gasteiger partial charge in [-0.1, -0.05) is 13.3 Å². The molecule has 0 fully saturated rings. The lowest BCUT2D eigenvalue weighted by molar-refractivity contribution is 0.0538. The van der Waals surface area contributed by atoms with Gasteiger partial charge >= 0.3 is 6.09 Å². The van der Waals surface area contributed by atoms with Crippen molar-refractivity contribution in [2.45, 2.75) is 52.7 Å². The highest BCUT2D eigenvalue weighted by molar-refractivity contribution is 5.89. The first-order valence-electron chi connectivity index (χ1n) is 9.33. The Bertz CT molecular complexity index is 1130. The number of nitrogens with two attached hydrogens (primary N) is 1. The molecule has 1 aromatic carbocycles. The molecular formula is C20H24FN5O3. The third-order valence-electron chi connectivity index (χ3n) is 4.21. The largest absolute Gasteiger partial charge is 0.443 e. The molecule has 2 N–H and O–H groups in total. The van der Waals surface area contributed by atoms with E-state index in [-0.39, 0.29) is 18.1 Å². The van der Waals surface area contributed by atoms with Crippen LogP contribution in [0.15, 0.2) is 29.5 Å². The zero-order valence-corrected chi connectivity index (χ0v) is 16.9. The molecule has 0 saturated carbocycles. The monoisotopic (exact) mass is 401 g/mol. The lowest BCUT2D eigenvalue weighted by atomic mass is 10.1. The molecule has 0 aliphatic carbocycles. The maximum Gasteiger partial charge on any atom is 0.420 e. The Hall–Kier alpha value is -3.23. The standard InChI is InChI=1S/C20H24FN5O3/c1-5-6-12-7-13(21)8-15-17(12)24-16(26(15)19(28)29-20(2,3)4)10-25-11-23-9-14(22)18(25)27/h7-9,11H,5-6,10,22H2,1-4H3. The average Bonchev–Trinajstić information content (AvgIpc) is 2.96. The Kier molecular flexibility index (Phi) is 5.41. The lowest BCUT2D eigenvalue weighted by Crippen LogP contribution is -2.30. The van der Waals surface area contributed by atoms with Crippen molar-refractivity contribution in [3.63, 3.8) is 0 Å². The molecule has 0 amide bonds. The van der Waals surface area contributed by atoms with E-state index >= 15 is 0 Å². The molecule has 0 atom stereocenters. The number of nitrogen functional groups attached to an aromatic ring is 1. The molecule has 0 spiro atoms. The fraction of sp³-hybridized carbons (Fsp3) is 0.400. The first-order valence-corrected chi connectivity index (χ1v) is 9.33. The number of nitrogens with zero attached hydrogens (tertiary/aromatic N) is 4. The van der Waals surface area contributed by atoms with Crippen LogP contribution < -0.4 is 11.3 Å². The number of carbonyl (C=O) groups is 1. The molecule has 2 aromatic heterocycles. The van der Waals surface area contributed by atoms with Gasteiger partial charge in [-0.25, -0.2) is 23.7 Å². The molecule has 8 nitrogen and oxygen atoms in total. The SMILES string of the molecule is CCCc1cc(F)cc2c1nc(Cn1cncc(N)c1=O)n2C(=O)OC(C)(C)C. The van der Waals surface area contributed by atoms with E-state index in [1.807, 2.05) is 6.92 Å². The molecule has 0 unspecified atom stereocenters. The van der Waals surface area contributed by atoms with Gasteiger partial charge in [0.15, 0.2) is 0 Å². The summed E-state index contributed by atoms with van der Waals surface area (Å²) in [6.45, 7) is 7.11. The van der Waals surface area contributed by atoms with Crippen LogP contribution in [0.5, 0.6) is 0 Å². The number of rotatable bonds is 4. The molecule has 0 bridgehead atoms. The number of anilines is 1. The van der Waals surface area contributed by atoms with E-state index in [2.05, 4.69) is 9.97 Å². The third kappa shape index (κ3) is 4.28. The minimum absolute atomic E-state index is 0.0230. The van der Waals surface area contributed by atoms with E-state index < -0.39 is 23.1 Å². The van der Waals surface area contributed by atoms with Crippen LogP contribution in [0.2, 0.25) is 0 Å². The van der Waals surface area contributed by atoms with Crippen molar-refractivity contribution in [1.82, 2.24) is 19.1 Å². The number of hydrogen-bond acceptors (Lipinski definition) is 6. The molecule has 9 heteroatoms. The van der Waals surface area contributed by atoms with E-state index in [1.54, 1.807) is 20.8 Å². The third-order valence-corrected chi connectivity index (χ3v) is 4.21. The summed E-state index contributed by atoms with van der Waals surface area (Å²) in [7, 11) is 0. The van der Waals surface area contributed by atoms with E-state index in [0.717, 1.165) is 6.42 Å². The van der Waals surface area contributed by atoms with Crippen LogP contribution in [0.25, 0.3) is 11.0 Å². The van der Waals surface area contributed by atoms with Crippen molar-refractivity contribution in [1.29, 1.82) is 0 Å². The number of carbonyl (C=O) groups excluding carboxylic acids is 1. The molecule has 29 heavy (non-hydrogen) atoms. The maximum atomic E-state index is 14.3. The summed E-state index contributed by atoms with van der Waals surface area (Å²) in [5, 5.41) is 0. The van der Waals surface area contributed by atoms with Gasteiger partial charge in [-0.3, -0.25) is 9.36 Å². The summed E-state index contributed by atoms with van der Waals surface area (Å²) in [5.74, 6) is -0.244. The summed E-state index contributed by atoms with van der Waals surface area (Å²) >= 11 is 0. The van der Waals surface area contributed by atoms with E-state index in [1.165, 1.54) is 33.8 Å². The van der Waals surface area contributed by atoms with Crippen molar-refractivity contribution < 1.29 is 13.9 Å². The molecule has 0 aliphatic rings. The molecule has 0 aliphatic heterocycles. The van der Waals surface area contributed by atoms with Crippen molar-refractivity contribution in [2.24, 2.45) is 0 Å². The number of benzene rings is 1. The van der Waals surface area contributed by atoms with Crippen LogP contribution in [0.3, 0.4) is 0 Å². The normalized spacial score (nSPS) is 11.8. The maximum absolute atomic E-state index is 14.3. The Balaban J connectivity index is 2.22. The number of imidazole rings is 1. The minimum Gasteiger partial charge on any atom is -0.443 e. The number of fused-ring (bicyclic) bond motifs is 1. The highest BCUT2D eigenvalue weighted by Crippen LogP contribution is 2.25. The van der Waals surface area contributed by atoms with Crippen LogP contribution in [-0.2, 0) is 17.7 Å². The van der Waals surface area contributed by atoms with Crippen molar-refractivity contribution in [2.75, 3.05) is 5.73 Å². The number of aromatic nitrogens is 4. The minimum atomic E-state index is -0.764. The second-order valence-electron chi connectivity index (χ2n) is 7.81. The molecule has 0 saturated heterocycles. The first kappa shape index (κ1) is 20.5. The van der Waals surface area contributed by atoms with Gasteiger partial charge in [0.25, 0.3) is 5.56 Å². The summed E-state index contributed by atoms with van der Waals surface area (Å²) in [6.07, 6.45) is 3.24. The zero-order chi connectivity index (χ0) is 21.3. The molecule has 3 rings (SSSR count). The predicted octanol–water partition coefficient (Wildman–Crippen LogP) is 3.10. The number of hydrogen-bond donors (Lipinski definition) is 1. The summed E-state index contributed by atoms with van der Waals surface area (Å²) in [6, 6.07) is 2.66. The number of halogens is 1. The topological polar surface area (TPSA) is 105 Å². The van der Waals surface area contributed by atoms with Crippen LogP contribution >= 0.6 is 0 Å². The Morgan fingerprint density at radius 1 is 1.31 bits per heavy atom. The van der Waals surface area contributed by atoms with Crippen molar-refractivity contribution >= 4 is 22.8 Å². The second kappa shape index (κ2) is 7.65. The second-order valence-corrected chi connectivity index (χ2v) is 7.81. The Morgan fingerprint density at radius 2 is 2.03 bits per heavy atom. The molecule has 2 heterocycles.